The average Bonchev–Trinajstić information content (AvgIpc) is 2.56. The molecule has 1 rings (SSSR count). The van der Waals surface area contributed by atoms with Crippen LogP contribution in [0.2, 0.25) is 0 Å². The minimum Gasteiger partial charge on any atom is -0.469 e. The molecule has 0 saturated carbocycles. The molecule has 1 aromatic rings. The predicted molar refractivity (Wildman–Crippen MR) is 83.4 cm³/mol. The first-order valence-electron chi connectivity index (χ1n) is 7.67. The van der Waals surface area contributed by atoms with Crippen molar-refractivity contribution in [2.24, 2.45) is 5.92 Å². The molecule has 0 radical (unpaired) electrons. The van der Waals surface area contributed by atoms with Gasteiger partial charge in [-0.05, 0) is 37.6 Å². The van der Waals surface area contributed by atoms with E-state index < -0.39 is 29.5 Å². The molecule has 24 heavy (non-hydrogen) atoms. The molecule has 0 fully saturated rings. The summed E-state index contributed by atoms with van der Waals surface area (Å²) in [6, 6.07) is 3.91. The fourth-order valence-electron chi connectivity index (χ4n) is 2.22. The average molecular weight is 345 g/mol. The van der Waals surface area contributed by atoms with Gasteiger partial charge in [0.25, 0.3) is 5.91 Å². The van der Waals surface area contributed by atoms with Crippen molar-refractivity contribution in [1.82, 2.24) is 4.90 Å². The van der Waals surface area contributed by atoms with Gasteiger partial charge in [-0.1, -0.05) is 13.8 Å². The third-order valence-electron chi connectivity index (χ3n) is 3.92. The van der Waals surface area contributed by atoms with Crippen molar-refractivity contribution in [3.8, 4) is 0 Å². The van der Waals surface area contributed by atoms with Gasteiger partial charge in [0.2, 0.25) is 0 Å². The molecule has 1 aromatic carbocycles. The number of halogens is 3. The summed E-state index contributed by atoms with van der Waals surface area (Å²) < 4.78 is 42.5. The number of nitrogens with zero attached hydrogens (tertiary/aromatic N) is 1. The van der Waals surface area contributed by atoms with E-state index in [9.17, 15) is 22.8 Å². The van der Waals surface area contributed by atoms with Gasteiger partial charge < -0.3 is 9.64 Å². The number of methoxy groups -OCH3 is 1. The second-order valence-corrected chi connectivity index (χ2v) is 5.71. The summed E-state index contributed by atoms with van der Waals surface area (Å²) in [5, 5.41) is 0. The van der Waals surface area contributed by atoms with E-state index in [1.54, 1.807) is 6.92 Å². The fourth-order valence-corrected chi connectivity index (χ4v) is 2.22. The van der Waals surface area contributed by atoms with Gasteiger partial charge in [-0.25, -0.2) is 0 Å². The maximum atomic E-state index is 12.6. The number of amides is 1. The number of hydrogen-bond donors (Lipinski definition) is 0. The Labute approximate surface area is 139 Å². The van der Waals surface area contributed by atoms with Crippen LogP contribution >= 0.6 is 0 Å². The van der Waals surface area contributed by atoms with Crippen LogP contribution < -0.4 is 0 Å². The Kier molecular flexibility index (Phi) is 6.81. The van der Waals surface area contributed by atoms with E-state index in [1.807, 2.05) is 13.8 Å². The van der Waals surface area contributed by atoms with Crippen LogP contribution in [-0.2, 0) is 15.7 Å². The lowest BCUT2D eigenvalue weighted by molar-refractivity contribution is -0.145. The molecule has 2 atom stereocenters. The molecule has 0 aromatic heterocycles. The van der Waals surface area contributed by atoms with Crippen molar-refractivity contribution in [2.45, 2.75) is 39.4 Å². The summed E-state index contributed by atoms with van der Waals surface area (Å²) >= 11 is 0. The largest absolute Gasteiger partial charge is 0.469 e. The third kappa shape index (κ3) is 4.97. The zero-order valence-corrected chi connectivity index (χ0v) is 14.2. The van der Waals surface area contributed by atoms with E-state index in [1.165, 1.54) is 12.0 Å². The molecule has 0 N–H and O–H groups in total. The summed E-state index contributed by atoms with van der Waals surface area (Å²) in [5.74, 6) is -1.38. The molecule has 2 unspecified atom stereocenters. The van der Waals surface area contributed by atoms with Crippen LogP contribution in [0.5, 0.6) is 0 Å². The third-order valence-corrected chi connectivity index (χ3v) is 3.92. The van der Waals surface area contributed by atoms with Crippen molar-refractivity contribution in [3.63, 3.8) is 0 Å². The van der Waals surface area contributed by atoms with Crippen molar-refractivity contribution in [1.29, 1.82) is 0 Å². The molecule has 0 spiro atoms. The Balaban J connectivity index is 3.01. The predicted octanol–water partition coefficient (Wildman–Crippen LogP) is 3.76. The first-order chi connectivity index (χ1) is 11.1. The van der Waals surface area contributed by atoms with Crippen molar-refractivity contribution in [3.05, 3.63) is 35.4 Å². The van der Waals surface area contributed by atoms with Gasteiger partial charge in [-0.3, -0.25) is 9.59 Å². The lowest BCUT2D eigenvalue weighted by Crippen LogP contribution is -2.42. The molecule has 134 valence electrons. The lowest BCUT2D eigenvalue weighted by atomic mass is 10.1. The molecule has 0 saturated heterocycles. The first-order valence-corrected chi connectivity index (χ1v) is 7.67. The number of esters is 1. The zero-order valence-electron chi connectivity index (χ0n) is 14.2. The normalized spacial score (nSPS) is 14.0. The van der Waals surface area contributed by atoms with Crippen LogP contribution in [0.15, 0.2) is 24.3 Å². The van der Waals surface area contributed by atoms with E-state index in [-0.39, 0.29) is 18.2 Å². The van der Waals surface area contributed by atoms with Crippen molar-refractivity contribution >= 4 is 11.9 Å². The van der Waals surface area contributed by atoms with E-state index in [4.69, 9.17) is 0 Å². The van der Waals surface area contributed by atoms with E-state index >= 15 is 0 Å². The molecule has 0 aliphatic rings. The van der Waals surface area contributed by atoms with Crippen LogP contribution in [0, 0.1) is 5.92 Å². The summed E-state index contributed by atoms with van der Waals surface area (Å²) in [5.41, 5.74) is -0.655. The molecule has 1 amide bonds. The monoisotopic (exact) mass is 345 g/mol. The second kappa shape index (κ2) is 8.17. The van der Waals surface area contributed by atoms with Crippen molar-refractivity contribution < 1.29 is 27.5 Å². The SMILES string of the molecule is CCC(C)N(CC(C)C(=O)OC)C(=O)c1ccc(C(F)(F)F)cc1. The van der Waals surface area contributed by atoms with E-state index in [0.29, 0.717) is 6.42 Å². The maximum absolute atomic E-state index is 12.6. The number of hydrogen-bond acceptors (Lipinski definition) is 3. The van der Waals surface area contributed by atoms with Crippen LogP contribution in [0.4, 0.5) is 13.2 Å². The summed E-state index contributed by atoms with van der Waals surface area (Å²) in [7, 11) is 1.27. The number of benzene rings is 1. The number of carbonyl (C=O) groups is 2. The molecular weight excluding hydrogens is 323 g/mol. The Morgan fingerprint density at radius 1 is 1.17 bits per heavy atom. The highest BCUT2D eigenvalue weighted by Crippen LogP contribution is 2.29. The Bertz CT molecular complexity index is 569. The highest BCUT2D eigenvalue weighted by Gasteiger charge is 2.31. The van der Waals surface area contributed by atoms with Crippen LogP contribution in [0.25, 0.3) is 0 Å². The Morgan fingerprint density at radius 3 is 2.12 bits per heavy atom. The number of alkyl halides is 3. The number of rotatable bonds is 6. The maximum Gasteiger partial charge on any atom is 0.416 e. The van der Waals surface area contributed by atoms with Crippen LogP contribution in [0.1, 0.15) is 43.1 Å². The number of carbonyl (C=O) groups excluding carboxylic acids is 2. The van der Waals surface area contributed by atoms with Crippen LogP contribution in [-0.4, -0.2) is 36.5 Å². The van der Waals surface area contributed by atoms with Gasteiger partial charge in [0.15, 0.2) is 0 Å². The highest BCUT2D eigenvalue weighted by atomic mass is 19.4. The molecule has 4 nitrogen and oxygen atoms in total. The van der Waals surface area contributed by atoms with Gasteiger partial charge in [0.05, 0.1) is 18.6 Å². The van der Waals surface area contributed by atoms with Gasteiger partial charge in [-0.2, -0.15) is 13.2 Å². The van der Waals surface area contributed by atoms with Crippen molar-refractivity contribution in [2.75, 3.05) is 13.7 Å². The second-order valence-electron chi connectivity index (χ2n) is 5.71. The first kappa shape index (κ1) is 20.0. The van der Waals surface area contributed by atoms with E-state index in [2.05, 4.69) is 4.74 Å². The highest BCUT2D eigenvalue weighted by molar-refractivity contribution is 5.94. The van der Waals surface area contributed by atoms with Gasteiger partial charge >= 0.3 is 12.1 Å². The summed E-state index contributed by atoms with van der Waals surface area (Å²) in [4.78, 5) is 25.7. The van der Waals surface area contributed by atoms with Gasteiger partial charge in [0.1, 0.15) is 0 Å². The topological polar surface area (TPSA) is 46.6 Å². The molecular formula is C17H22F3NO3. The lowest BCUT2D eigenvalue weighted by Gasteiger charge is -2.30. The summed E-state index contributed by atoms with van der Waals surface area (Å²) in [6.45, 7) is 5.50. The fraction of sp³-hybridized carbons (Fsp3) is 0.529. The van der Waals surface area contributed by atoms with Gasteiger partial charge in [0, 0.05) is 18.2 Å². The minimum atomic E-state index is -4.45. The molecule has 7 heteroatoms. The smallest absolute Gasteiger partial charge is 0.416 e. The Hall–Kier alpha value is -2.05. The van der Waals surface area contributed by atoms with Gasteiger partial charge in [-0.15, -0.1) is 0 Å². The molecule has 0 bridgehead atoms. The van der Waals surface area contributed by atoms with E-state index in [0.717, 1.165) is 24.3 Å². The Morgan fingerprint density at radius 2 is 1.71 bits per heavy atom. The standard InChI is InChI=1S/C17H22F3NO3/c1-5-12(3)21(10-11(2)16(23)24-4)15(22)13-6-8-14(9-7-13)17(18,19)20/h6-9,11-12H,5,10H2,1-4H3. The molecule has 0 aliphatic carbocycles. The summed E-state index contributed by atoms with van der Waals surface area (Å²) in [6.07, 6.45) is -3.79. The van der Waals surface area contributed by atoms with Crippen LogP contribution in [0.3, 0.4) is 0 Å². The minimum absolute atomic E-state index is 0.140. The molecule has 0 heterocycles. The zero-order chi connectivity index (χ0) is 18.5. The number of ether oxygens (including phenoxy) is 1. The molecule has 0 aliphatic heterocycles. The quantitative estimate of drug-likeness (QED) is 0.738.